The van der Waals surface area contributed by atoms with Crippen molar-refractivity contribution >= 4 is 5.69 Å². The molecule has 0 saturated heterocycles. The largest absolute Gasteiger partial charge is 0.145 e. The lowest BCUT2D eigenvalue weighted by atomic mass is 9.84. The molecule has 0 aromatic heterocycles. The molecule has 0 aliphatic carbocycles. The van der Waals surface area contributed by atoms with Crippen LogP contribution in [-0.2, 0) is 5.41 Å². The van der Waals surface area contributed by atoms with Crippen LogP contribution in [0.2, 0.25) is 0 Å². The number of hydrogen-bond donors (Lipinski definition) is 0. The SMILES string of the molecule is CC(C)(C)c1cc(-c2ccccc2)ccc1N=O. The zero-order chi connectivity index (χ0) is 13.2. The molecule has 2 nitrogen and oxygen atoms in total. The third-order valence-corrected chi connectivity index (χ3v) is 3.01. The van der Waals surface area contributed by atoms with E-state index in [-0.39, 0.29) is 5.41 Å². The van der Waals surface area contributed by atoms with Gasteiger partial charge in [-0.1, -0.05) is 57.2 Å². The van der Waals surface area contributed by atoms with Gasteiger partial charge in [0, 0.05) is 0 Å². The molecule has 0 saturated carbocycles. The molecule has 0 amide bonds. The lowest BCUT2D eigenvalue weighted by molar-refractivity contribution is 0.591. The van der Waals surface area contributed by atoms with E-state index in [0.717, 1.165) is 16.7 Å². The molecule has 0 aliphatic heterocycles. The first kappa shape index (κ1) is 12.5. The van der Waals surface area contributed by atoms with Crippen LogP contribution in [0.25, 0.3) is 11.1 Å². The van der Waals surface area contributed by atoms with Gasteiger partial charge in [0.25, 0.3) is 0 Å². The maximum atomic E-state index is 10.9. The maximum absolute atomic E-state index is 10.9. The molecule has 0 radical (unpaired) electrons. The van der Waals surface area contributed by atoms with E-state index in [1.807, 2.05) is 24.3 Å². The first-order valence-electron chi connectivity index (χ1n) is 6.05. The predicted octanol–water partition coefficient (Wildman–Crippen LogP) is 5.05. The number of benzene rings is 2. The normalized spacial score (nSPS) is 11.3. The van der Waals surface area contributed by atoms with Gasteiger partial charge >= 0.3 is 0 Å². The van der Waals surface area contributed by atoms with Gasteiger partial charge in [-0.15, -0.1) is 4.91 Å². The van der Waals surface area contributed by atoms with Crippen molar-refractivity contribution in [3.8, 4) is 11.1 Å². The van der Waals surface area contributed by atoms with Gasteiger partial charge in [0.05, 0.1) is 0 Å². The fourth-order valence-corrected chi connectivity index (χ4v) is 2.03. The average Bonchev–Trinajstić information content (AvgIpc) is 2.38. The van der Waals surface area contributed by atoms with Crippen LogP contribution in [0, 0.1) is 4.91 Å². The van der Waals surface area contributed by atoms with Crippen LogP contribution in [0.4, 0.5) is 5.69 Å². The third-order valence-electron chi connectivity index (χ3n) is 3.01. The standard InChI is InChI=1S/C16H17NO/c1-16(2,3)14-11-13(9-10-15(14)17-18)12-7-5-4-6-8-12/h4-11H,1-3H3. The maximum Gasteiger partial charge on any atom is 0.111 e. The monoisotopic (exact) mass is 239 g/mol. The molecule has 0 fully saturated rings. The van der Waals surface area contributed by atoms with Crippen LogP contribution >= 0.6 is 0 Å². The molecule has 0 atom stereocenters. The van der Waals surface area contributed by atoms with E-state index in [4.69, 9.17) is 0 Å². The van der Waals surface area contributed by atoms with Gasteiger partial charge in [0.15, 0.2) is 0 Å². The molecule has 18 heavy (non-hydrogen) atoms. The Morgan fingerprint density at radius 3 is 2.11 bits per heavy atom. The second-order valence-electron chi connectivity index (χ2n) is 5.44. The van der Waals surface area contributed by atoms with E-state index in [1.165, 1.54) is 0 Å². The van der Waals surface area contributed by atoms with E-state index in [1.54, 1.807) is 6.07 Å². The second kappa shape index (κ2) is 4.73. The molecule has 0 bridgehead atoms. The van der Waals surface area contributed by atoms with Gasteiger partial charge in [-0.2, -0.15) is 0 Å². The van der Waals surface area contributed by atoms with Crippen molar-refractivity contribution in [2.24, 2.45) is 5.18 Å². The highest BCUT2D eigenvalue weighted by Gasteiger charge is 2.19. The molecule has 92 valence electrons. The van der Waals surface area contributed by atoms with E-state index < -0.39 is 0 Å². The molecular formula is C16H17NO. The smallest absolute Gasteiger partial charge is 0.111 e. The molecule has 0 unspecified atom stereocenters. The highest BCUT2D eigenvalue weighted by atomic mass is 16.3. The van der Waals surface area contributed by atoms with Gasteiger partial charge in [-0.25, -0.2) is 0 Å². The summed E-state index contributed by atoms with van der Waals surface area (Å²) in [4.78, 5) is 10.9. The second-order valence-corrected chi connectivity index (χ2v) is 5.44. The molecule has 2 aromatic rings. The summed E-state index contributed by atoms with van der Waals surface area (Å²) in [7, 11) is 0. The lowest BCUT2D eigenvalue weighted by Crippen LogP contribution is -2.11. The third kappa shape index (κ3) is 2.48. The Kier molecular flexibility index (Phi) is 3.28. The Balaban J connectivity index is 2.57. The summed E-state index contributed by atoms with van der Waals surface area (Å²) < 4.78 is 0. The molecule has 0 spiro atoms. The Hall–Kier alpha value is -1.96. The van der Waals surface area contributed by atoms with E-state index in [2.05, 4.69) is 44.1 Å². The van der Waals surface area contributed by atoms with Gasteiger partial charge in [0.2, 0.25) is 0 Å². The fraction of sp³-hybridized carbons (Fsp3) is 0.250. The van der Waals surface area contributed by atoms with Crippen molar-refractivity contribution in [3.05, 3.63) is 59.0 Å². The summed E-state index contributed by atoms with van der Waals surface area (Å²) in [5, 5.41) is 3.12. The van der Waals surface area contributed by atoms with Crippen LogP contribution in [0.15, 0.2) is 53.7 Å². The predicted molar refractivity (Wildman–Crippen MR) is 76.0 cm³/mol. The number of nitroso groups, excluding NO2 is 1. The minimum atomic E-state index is -0.0893. The van der Waals surface area contributed by atoms with Crippen LogP contribution in [0.1, 0.15) is 26.3 Å². The highest BCUT2D eigenvalue weighted by Crippen LogP contribution is 2.34. The van der Waals surface area contributed by atoms with Crippen LogP contribution in [0.3, 0.4) is 0 Å². The van der Waals surface area contributed by atoms with Crippen molar-refractivity contribution in [1.29, 1.82) is 0 Å². The summed E-state index contributed by atoms with van der Waals surface area (Å²) in [6.07, 6.45) is 0. The Morgan fingerprint density at radius 1 is 0.889 bits per heavy atom. The van der Waals surface area contributed by atoms with Gasteiger partial charge in [0.1, 0.15) is 5.69 Å². The number of rotatable bonds is 2. The lowest BCUT2D eigenvalue weighted by Gasteiger charge is -2.21. The summed E-state index contributed by atoms with van der Waals surface area (Å²) in [5.74, 6) is 0. The number of hydrogen-bond acceptors (Lipinski definition) is 2. The Morgan fingerprint density at radius 2 is 1.56 bits per heavy atom. The topological polar surface area (TPSA) is 29.4 Å². The van der Waals surface area contributed by atoms with Gasteiger partial charge < -0.3 is 0 Å². The summed E-state index contributed by atoms with van der Waals surface area (Å²) in [5.41, 5.74) is 3.70. The fourth-order valence-electron chi connectivity index (χ4n) is 2.03. The van der Waals surface area contributed by atoms with Crippen molar-refractivity contribution in [3.63, 3.8) is 0 Å². The van der Waals surface area contributed by atoms with E-state index in [0.29, 0.717) is 5.69 Å². The molecule has 0 heterocycles. The molecular weight excluding hydrogens is 222 g/mol. The summed E-state index contributed by atoms with van der Waals surface area (Å²) in [6.45, 7) is 6.27. The van der Waals surface area contributed by atoms with Crippen molar-refractivity contribution in [1.82, 2.24) is 0 Å². The Labute approximate surface area is 108 Å². The molecule has 0 aliphatic rings. The van der Waals surface area contributed by atoms with E-state index >= 15 is 0 Å². The highest BCUT2D eigenvalue weighted by molar-refractivity contribution is 5.68. The quantitative estimate of drug-likeness (QED) is 0.674. The number of nitrogens with zero attached hydrogens (tertiary/aromatic N) is 1. The van der Waals surface area contributed by atoms with Gasteiger partial charge in [-0.3, -0.25) is 0 Å². The molecule has 2 heteroatoms. The first-order valence-corrected chi connectivity index (χ1v) is 6.05. The van der Waals surface area contributed by atoms with Crippen molar-refractivity contribution in [2.75, 3.05) is 0 Å². The van der Waals surface area contributed by atoms with E-state index in [9.17, 15) is 4.91 Å². The van der Waals surface area contributed by atoms with Crippen LogP contribution < -0.4 is 0 Å². The minimum absolute atomic E-state index is 0.0893. The summed E-state index contributed by atoms with van der Waals surface area (Å²) in [6, 6.07) is 16.0. The zero-order valence-electron chi connectivity index (χ0n) is 11.0. The van der Waals surface area contributed by atoms with Gasteiger partial charge in [-0.05, 0) is 39.4 Å². The summed E-state index contributed by atoms with van der Waals surface area (Å²) >= 11 is 0. The molecule has 0 N–H and O–H groups in total. The van der Waals surface area contributed by atoms with Crippen LogP contribution in [-0.4, -0.2) is 0 Å². The molecule has 2 aromatic carbocycles. The zero-order valence-corrected chi connectivity index (χ0v) is 11.0. The van der Waals surface area contributed by atoms with Crippen molar-refractivity contribution < 1.29 is 0 Å². The first-order chi connectivity index (χ1) is 8.52. The molecule has 2 rings (SSSR count). The van der Waals surface area contributed by atoms with Crippen LogP contribution in [0.5, 0.6) is 0 Å². The minimum Gasteiger partial charge on any atom is -0.145 e. The Bertz CT molecular complexity index is 553. The average molecular weight is 239 g/mol. The van der Waals surface area contributed by atoms with Crippen molar-refractivity contribution in [2.45, 2.75) is 26.2 Å².